The van der Waals surface area contributed by atoms with Crippen LogP contribution in [0.4, 0.5) is 8.78 Å². The molecule has 0 unspecified atom stereocenters. The second-order valence-corrected chi connectivity index (χ2v) is 7.10. The van der Waals surface area contributed by atoms with Gasteiger partial charge in [-0.3, -0.25) is 9.69 Å². The fourth-order valence-corrected chi connectivity index (χ4v) is 4.35. The van der Waals surface area contributed by atoms with Gasteiger partial charge in [0, 0.05) is 36.1 Å². The van der Waals surface area contributed by atoms with E-state index in [1.54, 1.807) is 11.3 Å². The number of benzene rings is 1. The molecule has 0 bridgehead atoms. The van der Waals surface area contributed by atoms with Crippen LogP contribution in [0.15, 0.2) is 29.6 Å². The number of hydrogen-bond donors (Lipinski definition) is 1. The zero-order valence-corrected chi connectivity index (χ0v) is 14.5. The van der Waals surface area contributed by atoms with E-state index in [9.17, 15) is 13.6 Å². The summed E-state index contributed by atoms with van der Waals surface area (Å²) in [5.74, 6) is -2.04. The van der Waals surface area contributed by atoms with Crippen LogP contribution in [0, 0.1) is 11.6 Å². The summed E-state index contributed by atoms with van der Waals surface area (Å²) in [5.41, 5.74) is 1.28. The van der Waals surface area contributed by atoms with E-state index in [0.717, 1.165) is 18.6 Å². The maximum absolute atomic E-state index is 13.6. The van der Waals surface area contributed by atoms with Gasteiger partial charge in [0.1, 0.15) is 11.6 Å². The summed E-state index contributed by atoms with van der Waals surface area (Å²) >= 11 is 1.77. The molecule has 0 fully saturated rings. The van der Waals surface area contributed by atoms with Crippen molar-refractivity contribution >= 4 is 17.2 Å². The van der Waals surface area contributed by atoms with Gasteiger partial charge in [-0.15, -0.1) is 11.3 Å². The monoisotopic (exact) mass is 350 g/mol. The summed E-state index contributed by atoms with van der Waals surface area (Å²) in [6.45, 7) is 5.46. The van der Waals surface area contributed by atoms with Crippen LogP contribution in [-0.4, -0.2) is 29.9 Å². The number of nitrogens with zero attached hydrogens (tertiary/aromatic N) is 1. The molecule has 0 saturated carbocycles. The number of carbonyl (C=O) groups is 1. The molecular formula is C18H20F2N2OS. The molecule has 1 aliphatic rings. The Kier molecular flexibility index (Phi) is 4.96. The number of halogens is 2. The molecule has 1 aliphatic heterocycles. The van der Waals surface area contributed by atoms with Crippen molar-refractivity contribution in [2.75, 3.05) is 13.1 Å². The number of carbonyl (C=O) groups excluding carboxylic acids is 1. The average molecular weight is 350 g/mol. The maximum atomic E-state index is 13.6. The van der Waals surface area contributed by atoms with Crippen molar-refractivity contribution in [2.24, 2.45) is 0 Å². The quantitative estimate of drug-likeness (QED) is 0.910. The van der Waals surface area contributed by atoms with Gasteiger partial charge in [0.2, 0.25) is 0 Å². The molecule has 24 heavy (non-hydrogen) atoms. The van der Waals surface area contributed by atoms with Crippen LogP contribution in [0.2, 0.25) is 0 Å². The van der Waals surface area contributed by atoms with Crippen LogP contribution in [0.1, 0.15) is 40.7 Å². The van der Waals surface area contributed by atoms with Crippen LogP contribution in [0.5, 0.6) is 0 Å². The Labute approximate surface area is 144 Å². The van der Waals surface area contributed by atoms with E-state index in [2.05, 4.69) is 35.5 Å². The molecule has 128 valence electrons. The topological polar surface area (TPSA) is 32.3 Å². The molecule has 1 N–H and O–H groups in total. The first kappa shape index (κ1) is 17.0. The van der Waals surface area contributed by atoms with Gasteiger partial charge in [0.15, 0.2) is 0 Å². The van der Waals surface area contributed by atoms with Crippen molar-refractivity contribution in [3.05, 3.63) is 57.3 Å². The van der Waals surface area contributed by atoms with Crippen LogP contribution in [0.25, 0.3) is 0 Å². The van der Waals surface area contributed by atoms with Crippen molar-refractivity contribution in [3.63, 3.8) is 0 Å². The van der Waals surface area contributed by atoms with Crippen LogP contribution < -0.4 is 5.32 Å². The molecule has 6 heteroatoms. The largest absolute Gasteiger partial charge is 0.351 e. The first-order chi connectivity index (χ1) is 11.5. The Morgan fingerprint density at radius 2 is 2.12 bits per heavy atom. The highest BCUT2D eigenvalue weighted by molar-refractivity contribution is 7.10. The summed E-state index contributed by atoms with van der Waals surface area (Å²) in [7, 11) is 0. The maximum Gasteiger partial charge on any atom is 0.254 e. The fourth-order valence-electron chi connectivity index (χ4n) is 3.33. The third-order valence-corrected chi connectivity index (χ3v) is 5.70. The van der Waals surface area contributed by atoms with E-state index < -0.39 is 17.5 Å². The van der Waals surface area contributed by atoms with Crippen molar-refractivity contribution in [3.8, 4) is 0 Å². The molecule has 0 saturated heterocycles. The lowest BCUT2D eigenvalue weighted by atomic mass is 9.97. The van der Waals surface area contributed by atoms with Crippen molar-refractivity contribution in [1.29, 1.82) is 0 Å². The first-order valence-electron chi connectivity index (χ1n) is 8.02. The number of thiophene rings is 1. The average Bonchev–Trinajstić information content (AvgIpc) is 2.98. The Morgan fingerprint density at radius 3 is 2.88 bits per heavy atom. The van der Waals surface area contributed by atoms with Crippen LogP contribution in [0.3, 0.4) is 0 Å². The zero-order chi connectivity index (χ0) is 17.3. The summed E-state index contributed by atoms with van der Waals surface area (Å²) in [5, 5.41) is 4.85. The molecule has 0 aliphatic carbocycles. The van der Waals surface area contributed by atoms with Gasteiger partial charge < -0.3 is 5.32 Å². The second kappa shape index (κ2) is 6.99. The Morgan fingerprint density at radius 1 is 1.33 bits per heavy atom. The van der Waals surface area contributed by atoms with E-state index in [-0.39, 0.29) is 5.56 Å². The summed E-state index contributed by atoms with van der Waals surface area (Å²) in [6.07, 6.45) is 1.00. The lowest BCUT2D eigenvalue weighted by Gasteiger charge is -2.38. The normalized spacial score (nSPS) is 20.7. The molecule has 1 amide bonds. The number of rotatable bonds is 4. The number of amides is 1. The minimum atomic E-state index is -0.838. The molecule has 2 aromatic rings. The number of fused-ring (bicyclic) bond motifs is 1. The van der Waals surface area contributed by atoms with Crippen molar-refractivity contribution < 1.29 is 13.6 Å². The van der Waals surface area contributed by atoms with E-state index in [0.29, 0.717) is 25.2 Å². The first-order valence-corrected chi connectivity index (χ1v) is 8.90. The lowest BCUT2D eigenvalue weighted by molar-refractivity contribution is 0.0926. The summed E-state index contributed by atoms with van der Waals surface area (Å²) in [6, 6.07) is 5.87. The molecule has 1 aromatic heterocycles. The van der Waals surface area contributed by atoms with Crippen molar-refractivity contribution in [2.45, 2.75) is 32.4 Å². The number of hydrogen-bond acceptors (Lipinski definition) is 3. The SMILES string of the molecule is C[C@@H]1Cc2ccsc2[C@H](C)N1CCNC(=O)c1ccc(F)cc1F. The van der Waals surface area contributed by atoms with E-state index >= 15 is 0 Å². The Bertz CT molecular complexity index is 746. The molecule has 2 heterocycles. The molecule has 3 rings (SSSR count). The molecular weight excluding hydrogens is 330 g/mol. The van der Waals surface area contributed by atoms with Crippen LogP contribution in [-0.2, 0) is 6.42 Å². The van der Waals surface area contributed by atoms with Gasteiger partial charge in [0.25, 0.3) is 5.91 Å². The van der Waals surface area contributed by atoms with Gasteiger partial charge in [0.05, 0.1) is 5.56 Å². The molecule has 1 aromatic carbocycles. The third kappa shape index (κ3) is 3.35. The molecule has 2 atom stereocenters. The number of nitrogens with one attached hydrogen (secondary N) is 1. The summed E-state index contributed by atoms with van der Waals surface area (Å²) in [4.78, 5) is 15.8. The zero-order valence-electron chi connectivity index (χ0n) is 13.7. The minimum absolute atomic E-state index is 0.128. The third-order valence-electron chi connectivity index (χ3n) is 4.57. The second-order valence-electron chi connectivity index (χ2n) is 6.16. The van der Waals surface area contributed by atoms with Crippen LogP contribution >= 0.6 is 11.3 Å². The summed E-state index contributed by atoms with van der Waals surface area (Å²) < 4.78 is 26.5. The molecule has 3 nitrogen and oxygen atoms in total. The lowest BCUT2D eigenvalue weighted by Crippen LogP contribution is -2.44. The standard InChI is InChI=1S/C18H20F2N2OS/c1-11-9-13-5-8-24-17(13)12(2)22(11)7-6-21-18(23)15-4-3-14(19)10-16(15)20/h3-5,8,10-12H,6-7,9H2,1-2H3,(H,21,23)/t11-,12+/m1/s1. The highest BCUT2D eigenvalue weighted by Gasteiger charge is 2.29. The molecule has 0 radical (unpaired) electrons. The Hall–Kier alpha value is -1.79. The van der Waals surface area contributed by atoms with Gasteiger partial charge >= 0.3 is 0 Å². The van der Waals surface area contributed by atoms with Gasteiger partial charge in [-0.25, -0.2) is 8.78 Å². The Balaban J connectivity index is 1.59. The van der Waals surface area contributed by atoms with Gasteiger partial charge in [-0.2, -0.15) is 0 Å². The fraction of sp³-hybridized carbons (Fsp3) is 0.389. The van der Waals surface area contributed by atoms with Crippen molar-refractivity contribution in [1.82, 2.24) is 10.2 Å². The van der Waals surface area contributed by atoms with Gasteiger partial charge in [-0.05, 0) is 49.4 Å². The highest BCUT2D eigenvalue weighted by Crippen LogP contribution is 2.35. The molecule has 0 spiro atoms. The van der Waals surface area contributed by atoms with E-state index in [1.807, 2.05) is 0 Å². The predicted molar refractivity (Wildman–Crippen MR) is 91.3 cm³/mol. The smallest absolute Gasteiger partial charge is 0.254 e. The van der Waals surface area contributed by atoms with E-state index in [1.165, 1.54) is 16.5 Å². The predicted octanol–water partition coefficient (Wildman–Crippen LogP) is 3.76. The highest BCUT2D eigenvalue weighted by atomic mass is 32.1. The van der Waals surface area contributed by atoms with E-state index in [4.69, 9.17) is 0 Å². The van der Waals surface area contributed by atoms with Gasteiger partial charge in [-0.1, -0.05) is 0 Å². The minimum Gasteiger partial charge on any atom is -0.351 e.